The second-order valence-electron chi connectivity index (χ2n) is 6.09. The van der Waals surface area contributed by atoms with Crippen LogP contribution in [0.4, 0.5) is 5.69 Å². The van der Waals surface area contributed by atoms with Crippen LogP contribution in [-0.2, 0) is 4.79 Å². The van der Waals surface area contributed by atoms with E-state index in [9.17, 15) is 9.59 Å². The summed E-state index contributed by atoms with van der Waals surface area (Å²) in [5.74, 6) is -0.103. The largest absolute Gasteiger partial charge is 0.483 e. The summed E-state index contributed by atoms with van der Waals surface area (Å²) in [5.41, 5.74) is 7.85. The average Bonchev–Trinajstić information content (AvgIpc) is 2.54. The summed E-state index contributed by atoms with van der Waals surface area (Å²) < 4.78 is 5.68. The normalized spacial score (nSPS) is 10.6. The van der Waals surface area contributed by atoms with Gasteiger partial charge in [0.2, 0.25) is 0 Å². The predicted molar refractivity (Wildman–Crippen MR) is 99.4 cm³/mol. The molecule has 0 saturated heterocycles. The maximum atomic E-state index is 12.2. The van der Waals surface area contributed by atoms with E-state index in [4.69, 9.17) is 22.1 Å². The SMILES string of the molecule is Cc1ccc(C(C)C)c(OCC(=O)Nc2ccc(Cl)cc2C(N)=O)c1. The number of nitrogens with two attached hydrogens (primary N) is 1. The molecule has 5 nitrogen and oxygen atoms in total. The van der Waals surface area contributed by atoms with E-state index in [1.54, 1.807) is 6.07 Å². The Morgan fingerprint density at radius 1 is 1.20 bits per heavy atom. The van der Waals surface area contributed by atoms with E-state index in [2.05, 4.69) is 19.2 Å². The summed E-state index contributed by atoms with van der Waals surface area (Å²) in [7, 11) is 0. The topological polar surface area (TPSA) is 81.4 Å². The molecule has 0 atom stereocenters. The van der Waals surface area contributed by atoms with Crippen molar-refractivity contribution in [2.24, 2.45) is 5.73 Å². The first-order valence-corrected chi connectivity index (χ1v) is 8.28. The van der Waals surface area contributed by atoms with Crippen LogP contribution in [0.5, 0.6) is 5.75 Å². The lowest BCUT2D eigenvalue weighted by atomic mass is 10.0. The number of hydrogen-bond donors (Lipinski definition) is 2. The molecular weight excluding hydrogens is 340 g/mol. The number of benzene rings is 2. The van der Waals surface area contributed by atoms with E-state index in [1.807, 2.05) is 25.1 Å². The third-order valence-electron chi connectivity index (χ3n) is 3.67. The minimum Gasteiger partial charge on any atom is -0.483 e. The third kappa shape index (κ3) is 4.97. The van der Waals surface area contributed by atoms with Crippen molar-refractivity contribution < 1.29 is 14.3 Å². The van der Waals surface area contributed by atoms with Crippen molar-refractivity contribution >= 4 is 29.1 Å². The van der Waals surface area contributed by atoms with Crippen molar-refractivity contribution in [3.8, 4) is 5.75 Å². The standard InChI is InChI=1S/C19H21ClN2O3/c1-11(2)14-6-4-12(3)8-17(14)25-10-18(23)22-16-7-5-13(20)9-15(16)19(21)24/h4-9,11H,10H2,1-3H3,(H2,21,24)(H,22,23). The summed E-state index contributed by atoms with van der Waals surface area (Å²) in [6, 6.07) is 10.4. The van der Waals surface area contributed by atoms with Crippen molar-refractivity contribution in [2.75, 3.05) is 11.9 Å². The zero-order valence-electron chi connectivity index (χ0n) is 14.4. The average molecular weight is 361 g/mol. The molecule has 2 aromatic carbocycles. The number of nitrogens with one attached hydrogen (secondary N) is 1. The van der Waals surface area contributed by atoms with Crippen LogP contribution in [0, 0.1) is 6.92 Å². The highest BCUT2D eigenvalue weighted by molar-refractivity contribution is 6.31. The summed E-state index contributed by atoms with van der Waals surface area (Å²) in [5, 5.41) is 2.99. The van der Waals surface area contributed by atoms with E-state index in [1.165, 1.54) is 12.1 Å². The molecule has 6 heteroatoms. The van der Waals surface area contributed by atoms with Gasteiger partial charge in [-0.1, -0.05) is 37.6 Å². The molecule has 0 aromatic heterocycles. The second kappa shape index (κ2) is 8.03. The van der Waals surface area contributed by atoms with Gasteiger partial charge in [-0.05, 0) is 48.2 Å². The summed E-state index contributed by atoms with van der Waals surface area (Å²) >= 11 is 5.86. The molecule has 0 spiro atoms. The molecular formula is C19H21ClN2O3. The van der Waals surface area contributed by atoms with Gasteiger partial charge < -0.3 is 15.8 Å². The Balaban J connectivity index is 2.10. The van der Waals surface area contributed by atoms with Crippen LogP contribution in [0.25, 0.3) is 0 Å². The lowest BCUT2D eigenvalue weighted by Gasteiger charge is -2.15. The minimum absolute atomic E-state index is 0.152. The molecule has 2 amide bonds. The Morgan fingerprint density at radius 2 is 1.92 bits per heavy atom. The van der Waals surface area contributed by atoms with Crippen molar-refractivity contribution in [1.29, 1.82) is 0 Å². The third-order valence-corrected chi connectivity index (χ3v) is 3.91. The fraction of sp³-hybridized carbons (Fsp3) is 0.263. The van der Waals surface area contributed by atoms with Crippen molar-refractivity contribution in [3.63, 3.8) is 0 Å². The van der Waals surface area contributed by atoms with Gasteiger partial charge in [0.1, 0.15) is 5.75 Å². The molecule has 0 aliphatic heterocycles. The van der Waals surface area contributed by atoms with Crippen LogP contribution in [0.2, 0.25) is 5.02 Å². The molecule has 0 unspecified atom stereocenters. The lowest BCUT2D eigenvalue weighted by molar-refractivity contribution is -0.118. The lowest BCUT2D eigenvalue weighted by Crippen LogP contribution is -2.23. The molecule has 2 rings (SSSR count). The van der Waals surface area contributed by atoms with Gasteiger partial charge in [-0.15, -0.1) is 0 Å². The number of halogens is 1. The number of primary amides is 1. The molecule has 132 valence electrons. The summed E-state index contributed by atoms with van der Waals surface area (Å²) in [6.07, 6.45) is 0. The highest BCUT2D eigenvalue weighted by atomic mass is 35.5. The Bertz CT molecular complexity index is 803. The Hall–Kier alpha value is -2.53. The fourth-order valence-electron chi connectivity index (χ4n) is 2.40. The number of aryl methyl sites for hydroxylation is 1. The molecule has 3 N–H and O–H groups in total. The molecule has 2 aromatic rings. The van der Waals surface area contributed by atoms with Crippen LogP contribution in [-0.4, -0.2) is 18.4 Å². The smallest absolute Gasteiger partial charge is 0.262 e. The monoisotopic (exact) mass is 360 g/mol. The Kier molecular flexibility index (Phi) is 6.04. The molecule has 0 fully saturated rings. The zero-order valence-corrected chi connectivity index (χ0v) is 15.2. The summed E-state index contributed by atoms with van der Waals surface area (Å²) in [6.45, 7) is 5.91. The molecule has 0 radical (unpaired) electrons. The summed E-state index contributed by atoms with van der Waals surface area (Å²) in [4.78, 5) is 23.7. The van der Waals surface area contributed by atoms with E-state index in [-0.39, 0.29) is 24.0 Å². The molecule has 25 heavy (non-hydrogen) atoms. The number of anilines is 1. The first kappa shape index (κ1) is 18.8. The fourth-order valence-corrected chi connectivity index (χ4v) is 2.57. The van der Waals surface area contributed by atoms with E-state index >= 15 is 0 Å². The van der Waals surface area contributed by atoms with Crippen LogP contribution in [0.1, 0.15) is 41.3 Å². The minimum atomic E-state index is -0.667. The Morgan fingerprint density at radius 3 is 2.56 bits per heavy atom. The molecule has 0 bridgehead atoms. The number of carbonyl (C=O) groups is 2. The van der Waals surface area contributed by atoms with Gasteiger partial charge in [0.25, 0.3) is 11.8 Å². The van der Waals surface area contributed by atoms with Crippen LogP contribution in [0.3, 0.4) is 0 Å². The molecule has 0 saturated carbocycles. The number of amides is 2. The number of carbonyl (C=O) groups excluding carboxylic acids is 2. The quantitative estimate of drug-likeness (QED) is 0.819. The number of rotatable bonds is 6. The van der Waals surface area contributed by atoms with Gasteiger partial charge in [0.05, 0.1) is 11.3 Å². The van der Waals surface area contributed by atoms with Gasteiger partial charge in [0, 0.05) is 5.02 Å². The van der Waals surface area contributed by atoms with Gasteiger partial charge in [0.15, 0.2) is 6.61 Å². The Labute approximate surface area is 152 Å². The first-order chi connectivity index (χ1) is 11.8. The van der Waals surface area contributed by atoms with Gasteiger partial charge in [-0.3, -0.25) is 9.59 Å². The van der Waals surface area contributed by atoms with Crippen LogP contribution in [0.15, 0.2) is 36.4 Å². The maximum Gasteiger partial charge on any atom is 0.262 e. The second-order valence-corrected chi connectivity index (χ2v) is 6.52. The van der Waals surface area contributed by atoms with Crippen molar-refractivity contribution in [2.45, 2.75) is 26.7 Å². The van der Waals surface area contributed by atoms with E-state index in [0.29, 0.717) is 16.5 Å². The van der Waals surface area contributed by atoms with Gasteiger partial charge in [-0.2, -0.15) is 0 Å². The first-order valence-electron chi connectivity index (χ1n) is 7.90. The molecule has 0 heterocycles. The predicted octanol–water partition coefficient (Wildman–Crippen LogP) is 3.89. The molecule has 0 aliphatic rings. The maximum absolute atomic E-state index is 12.2. The zero-order chi connectivity index (χ0) is 18.6. The van der Waals surface area contributed by atoms with Crippen LogP contribution < -0.4 is 15.8 Å². The number of hydrogen-bond acceptors (Lipinski definition) is 3. The molecule has 0 aliphatic carbocycles. The number of ether oxygens (including phenoxy) is 1. The van der Waals surface area contributed by atoms with E-state index in [0.717, 1.165) is 11.1 Å². The van der Waals surface area contributed by atoms with Gasteiger partial charge >= 0.3 is 0 Å². The highest BCUT2D eigenvalue weighted by Crippen LogP contribution is 2.27. The highest BCUT2D eigenvalue weighted by Gasteiger charge is 2.14. The van der Waals surface area contributed by atoms with E-state index < -0.39 is 5.91 Å². The van der Waals surface area contributed by atoms with Crippen LogP contribution >= 0.6 is 11.6 Å². The van der Waals surface area contributed by atoms with Gasteiger partial charge in [-0.25, -0.2) is 0 Å². The van der Waals surface area contributed by atoms with Crippen molar-refractivity contribution in [3.05, 3.63) is 58.1 Å². The van der Waals surface area contributed by atoms with Crippen molar-refractivity contribution in [1.82, 2.24) is 0 Å².